The Bertz CT molecular complexity index is 1320. The molecule has 1 amide bonds. The topological polar surface area (TPSA) is 82.1 Å². The van der Waals surface area contributed by atoms with Crippen molar-refractivity contribution in [2.75, 3.05) is 31.6 Å². The number of likely N-dealkylation sites (tertiary alicyclic amines) is 2. The lowest BCUT2D eigenvalue weighted by Crippen LogP contribution is -2.41. The molecule has 2 saturated heterocycles. The lowest BCUT2D eigenvalue weighted by atomic mass is 9.97. The molecule has 41 heavy (non-hydrogen) atoms. The van der Waals surface area contributed by atoms with Gasteiger partial charge in [-0.05, 0) is 92.9 Å². The van der Waals surface area contributed by atoms with Crippen molar-refractivity contribution >= 4 is 17.6 Å². The van der Waals surface area contributed by atoms with Crippen LogP contribution in [0.5, 0.6) is 5.75 Å². The van der Waals surface area contributed by atoms with Crippen LogP contribution >= 0.6 is 0 Å². The molecule has 1 aliphatic carbocycles. The second-order valence-corrected chi connectivity index (χ2v) is 11.5. The number of alkyl halides is 1. The van der Waals surface area contributed by atoms with Crippen molar-refractivity contribution in [3.63, 3.8) is 0 Å². The van der Waals surface area contributed by atoms with Crippen molar-refractivity contribution in [3.8, 4) is 5.75 Å². The van der Waals surface area contributed by atoms with Gasteiger partial charge in [0.05, 0.1) is 18.7 Å². The summed E-state index contributed by atoms with van der Waals surface area (Å²) in [5.41, 5.74) is 2.98. The van der Waals surface area contributed by atoms with Crippen LogP contribution in [0.15, 0.2) is 42.6 Å². The molecule has 220 valence electrons. The van der Waals surface area contributed by atoms with Gasteiger partial charge in [-0.25, -0.2) is 18.0 Å². The molecule has 0 radical (unpaired) electrons. The number of halogens is 3. The first-order valence-corrected chi connectivity index (χ1v) is 14.2. The smallest absolute Gasteiger partial charge is 0.326 e. The number of rotatable bonds is 10. The van der Waals surface area contributed by atoms with Crippen molar-refractivity contribution in [2.24, 2.45) is 5.92 Å². The third-order valence-corrected chi connectivity index (χ3v) is 8.13. The summed E-state index contributed by atoms with van der Waals surface area (Å²) in [7, 11) is 0. The molecule has 1 saturated carbocycles. The predicted octanol–water partition coefficient (Wildman–Crippen LogP) is 5.72. The summed E-state index contributed by atoms with van der Waals surface area (Å²) >= 11 is 0. The van der Waals surface area contributed by atoms with E-state index in [9.17, 15) is 23.5 Å². The molecule has 3 aliphatic rings. The van der Waals surface area contributed by atoms with Gasteiger partial charge < -0.3 is 20.1 Å². The summed E-state index contributed by atoms with van der Waals surface area (Å²) < 4.78 is 49.2. The van der Waals surface area contributed by atoms with Crippen molar-refractivity contribution in [1.82, 2.24) is 9.80 Å². The molecule has 0 spiro atoms. The van der Waals surface area contributed by atoms with E-state index in [1.807, 2.05) is 6.92 Å². The van der Waals surface area contributed by atoms with Gasteiger partial charge in [-0.15, -0.1) is 0 Å². The lowest BCUT2D eigenvalue weighted by molar-refractivity contribution is -0.141. The van der Waals surface area contributed by atoms with Gasteiger partial charge in [-0.3, -0.25) is 9.69 Å². The first kappa shape index (κ1) is 29.0. The number of hydrogen-bond acceptors (Lipinski definition) is 5. The molecule has 0 unspecified atom stereocenters. The summed E-state index contributed by atoms with van der Waals surface area (Å²) in [5, 5.41) is 12.6. The van der Waals surface area contributed by atoms with Crippen LogP contribution in [0.3, 0.4) is 0 Å². The van der Waals surface area contributed by atoms with Gasteiger partial charge >= 0.3 is 5.97 Å². The Balaban J connectivity index is 1.21. The van der Waals surface area contributed by atoms with Crippen molar-refractivity contribution in [3.05, 3.63) is 70.9 Å². The number of carboxylic acid groups (broad SMARTS) is 1. The minimum atomic E-state index is -1.45. The van der Waals surface area contributed by atoms with E-state index < -0.39 is 29.9 Å². The van der Waals surface area contributed by atoms with Crippen molar-refractivity contribution in [1.29, 1.82) is 0 Å². The third kappa shape index (κ3) is 6.86. The van der Waals surface area contributed by atoms with Crippen LogP contribution in [-0.2, 0) is 11.3 Å². The Labute approximate surface area is 238 Å². The van der Waals surface area contributed by atoms with Gasteiger partial charge in [-0.2, -0.15) is 0 Å². The molecular weight excluding hydrogens is 535 g/mol. The zero-order valence-electron chi connectivity index (χ0n) is 23.2. The van der Waals surface area contributed by atoms with E-state index in [-0.39, 0.29) is 36.2 Å². The van der Waals surface area contributed by atoms with Crippen LogP contribution in [0.25, 0.3) is 0 Å². The highest BCUT2D eigenvalue weighted by Gasteiger charge is 2.41. The summed E-state index contributed by atoms with van der Waals surface area (Å²) in [6.07, 6.45) is 1.77. The summed E-state index contributed by atoms with van der Waals surface area (Å²) in [6.45, 7) is 8.00. The Hall–Kier alpha value is -3.53. The molecule has 10 heteroatoms. The number of anilines is 1. The zero-order valence-corrected chi connectivity index (χ0v) is 23.2. The number of piperidine rings is 1. The molecular formula is C31H36F3N3O4. The molecule has 2 atom stereocenters. The van der Waals surface area contributed by atoms with Crippen LogP contribution in [-0.4, -0.2) is 65.2 Å². The maximum absolute atomic E-state index is 15.2. The van der Waals surface area contributed by atoms with Gasteiger partial charge in [0.2, 0.25) is 0 Å². The van der Waals surface area contributed by atoms with Crippen LogP contribution in [0.1, 0.15) is 66.4 Å². The molecule has 0 aromatic heterocycles. The number of benzene rings is 2. The Morgan fingerprint density at radius 1 is 1.12 bits per heavy atom. The van der Waals surface area contributed by atoms with Crippen molar-refractivity contribution < 1.29 is 32.6 Å². The van der Waals surface area contributed by atoms with E-state index in [0.29, 0.717) is 18.9 Å². The molecule has 7 nitrogen and oxygen atoms in total. The van der Waals surface area contributed by atoms with Crippen LogP contribution < -0.4 is 10.1 Å². The number of carboxylic acids is 1. The van der Waals surface area contributed by atoms with Crippen molar-refractivity contribution in [2.45, 2.75) is 63.7 Å². The summed E-state index contributed by atoms with van der Waals surface area (Å²) in [6, 6.07) is 6.07. The zero-order chi connectivity index (χ0) is 29.3. The second-order valence-electron chi connectivity index (χ2n) is 11.5. The number of aliphatic carboxylic acids is 1. The van der Waals surface area contributed by atoms with Gasteiger partial charge in [0.25, 0.3) is 5.91 Å². The first-order chi connectivity index (χ1) is 19.6. The largest absolute Gasteiger partial charge is 0.493 e. The average molecular weight is 572 g/mol. The highest BCUT2D eigenvalue weighted by molar-refractivity contribution is 5.97. The Morgan fingerprint density at radius 3 is 2.51 bits per heavy atom. The van der Waals surface area contributed by atoms with Gasteiger partial charge in [-0.1, -0.05) is 6.58 Å². The second kappa shape index (κ2) is 12.1. The Kier molecular flexibility index (Phi) is 8.58. The lowest BCUT2D eigenvalue weighted by Gasteiger charge is -2.32. The maximum atomic E-state index is 15.2. The normalized spacial score (nSPS) is 21.6. The predicted molar refractivity (Wildman–Crippen MR) is 149 cm³/mol. The molecule has 2 N–H and O–H groups in total. The minimum Gasteiger partial charge on any atom is -0.493 e. The molecule has 0 bridgehead atoms. The summed E-state index contributed by atoms with van der Waals surface area (Å²) in [5.74, 6) is -2.39. The van der Waals surface area contributed by atoms with E-state index in [0.717, 1.165) is 66.2 Å². The fraction of sp³-hybridized carbons (Fsp3) is 0.484. The number of amides is 1. The highest BCUT2D eigenvalue weighted by Crippen LogP contribution is 2.45. The number of nitrogens with zero attached hydrogens (tertiary/aromatic N) is 2. The maximum Gasteiger partial charge on any atom is 0.326 e. The SMILES string of the molecule is C=C(C)Nc1ccc(F)cc1CN1CCC(COc2cc(F)c(C(=O)N3C[C@H](F)C[C@H]3C(=O)O)cc2C2CC2)CC1. The molecule has 2 heterocycles. The van der Waals surface area contributed by atoms with Crippen LogP contribution in [0.4, 0.5) is 18.9 Å². The standard InChI is InChI=1S/C31H36F3N3O4/c1-18(2)35-27-6-5-22(32)11-21(27)15-36-9-7-19(8-10-36)17-41-29-14-26(34)25(13-24(29)20-3-4-20)30(38)37-16-23(33)12-28(37)31(39)40/h5-6,11,13-14,19-20,23,28,35H,1,3-4,7-10,12,15-17H2,2H3,(H,39,40)/t23-,28+/m1/s1. The number of carbonyl (C=O) groups excluding carboxylic acids is 1. The molecule has 2 aromatic carbocycles. The van der Waals surface area contributed by atoms with E-state index in [2.05, 4.69) is 16.8 Å². The molecule has 2 aliphatic heterocycles. The number of allylic oxidation sites excluding steroid dienone is 1. The quantitative estimate of drug-likeness (QED) is 0.380. The van der Waals surface area contributed by atoms with Gasteiger partial charge in [0, 0.05) is 30.4 Å². The number of nitrogens with one attached hydrogen (secondary N) is 1. The number of carbonyl (C=O) groups is 2. The average Bonchev–Trinajstić information content (AvgIpc) is 3.69. The minimum absolute atomic E-state index is 0.148. The van der Waals surface area contributed by atoms with Gasteiger partial charge in [0.15, 0.2) is 0 Å². The van der Waals surface area contributed by atoms with Crippen LogP contribution in [0.2, 0.25) is 0 Å². The first-order valence-electron chi connectivity index (χ1n) is 14.2. The number of ether oxygens (including phenoxy) is 1. The van der Waals surface area contributed by atoms with E-state index >= 15 is 4.39 Å². The third-order valence-electron chi connectivity index (χ3n) is 8.13. The molecule has 5 rings (SSSR count). The van der Waals surface area contributed by atoms with E-state index in [1.165, 1.54) is 18.2 Å². The van der Waals surface area contributed by atoms with E-state index in [4.69, 9.17) is 4.74 Å². The number of hydrogen-bond donors (Lipinski definition) is 2. The fourth-order valence-electron chi connectivity index (χ4n) is 5.78. The van der Waals surface area contributed by atoms with Crippen LogP contribution in [0, 0.1) is 17.6 Å². The van der Waals surface area contributed by atoms with E-state index in [1.54, 1.807) is 12.1 Å². The molecule has 2 aromatic rings. The Morgan fingerprint density at radius 2 is 1.85 bits per heavy atom. The monoisotopic (exact) mass is 571 g/mol. The van der Waals surface area contributed by atoms with Gasteiger partial charge in [0.1, 0.15) is 29.6 Å². The highest BCUT2D eigenvalue weighted by atomic mass is 19.1. The summed E-state index contributed by atoms with van der Waals surface area (Å²) in [4.78, 5) is 27.8. The fourth-order valence-corrected chi connectivity index (χ4v) is 5.78. The molecule has 3 fully saturated rings.